The van der Waals surface area contributed by atoms with Crippen molar-refractivity contribution in [1.82, 2.24) is 15.1 Å². The van der Waals surface area contributed by atoms with E-state index in [0.29, 0.717) is 37.1 Å². The number of rotatable bonds is 9. The van der Waals surface area contributed by atoms with Gasteiger partial charge in [-0.2, -0.15) is 0 Å². The molecule has 1 fully saturated rings. The van der Waals surface area contributed by atoms with Gasteiger partial charge >= 0.3 is 24.5 Å². The zero-order chi connectivity index (χ0) is 31.8. The molecule has 0 aromatic heterocycles. The van der Waals surface area contributed by atoms with Crippen LogP contribution in [0.1, 0.15) is 56.0 Å². The molecule has 1 aliphatic heterocycles. The van der Waals surface area contributed by atoms with E-state index in [0.717, 1.165) is 12.1 Å². The highest BCUT2D eigenvalue weighted by Gasteiger charge is 2.33. The van der Waals surface area contributed by atoms with Gasteiger partial charge < -0.3 is 35.0 Å². The van der Waals surface area contributed by atoms with E-state index < -0.39 is 41.7 Å². The number of amides is 4. The topological polar surface area (TPSA) is 138 Å². The van der Waals surface area contributed by atoms with Gasteiger partial charge in [0.2, 0.25) is 0 Å². The Hall–Kier alpha value is -4.49. The maximum Gasteiger partial charge on any atom is 0.573 e. The molecule has 2 aromatic carbocycles. The van der Waals surface area contributed by atoms with Crippen LogP contribution in [0.5, 0.6) is 5.75 Å². The largest absolute Gasteiger partial charge is 0.573 e. The lowest BCUT2D eigenvalue weighted by Gasteiger charge is -2.39. The fourth-order valence-corrected chi connectivity index (χ4v) is 4.33. The number of likely N-dealkylation sites (tertiary alicyclic amines) is 1. The van der Waals surface area contributed by atoms with Crippen LogP contribution in [0, 0.1) is 0 Å². The van der Waals surface area contributed by atoms with Gasteiger partial charge in [-0.05, 0) is 75.6 Å². The number of ether oxygens (including phenoxy) is 2. The third kappa shape index (κ3) is 11.0. The lowest BCUT2D eigenvalue weighted by molar-refractivity contribution is -0.274. The van der Waals surface area contributed by atoms with Gasteiger partial charge in [-0.25, -0.2) is 9.59 Å². The summed E-state index contributed by atoms with van der Waals surface area (Å²) in [5.74, 6) is -1.89. The van der Waals surface area contributed by atoms with E-state index in [1.165, 1.54) is 12.1 Å². The number of carboxylic acids is 1. The Morgan fingerprint density at radius 2 is 1.58 bits per heavy atom. The molecule has 0 spiro atoms. The molecule has 3 N–H and O–H groups in total. The number of piperidine rings is 1. The molecule has 0 unspecified atom stereocenters. The minimum Gasteiger partial charge on any atom is -0.481 e. The van der Waals surface area contributed by atoms with E-state index in [1.54, 1.807) is 54.8 Å². The van der Waals surface area contributed by atoms with E-state index in [9.17, 15) is 32.3 Å². The maximum absolute atomic E-state index is 13.5. The SMILES string of the molecule is CC(C)(C)OC(=O)N1CCC(N(Cc2ccc(C(=O)NCCC(=O)O)cc2)C(=O)Nc2ccc(OC(F)(F)F)cc2)CC1. The van der Waals surface area contributed by atoms with Crippen molar-refractivity contribution in [3.05, 3.63) is 59.7 Å². The Balaban J connectivity index is 1.72. The van der Waals surface area contributed by atoms with Gasteiger partial charge in [0.15, 0.2) is 0 Å². The number of benzene rings is 2. The molecule has 0 bridgehead atoms. The third-order valence-electron chi connectivity index (χ3n) is 6.35. The molecule has 3 rings (SSSR count). The Morgan fingerprint density at radius 3 is 2.12 bits per heavy atom. The minimum atomic E-state index is -4.84. The second kappa shape index (κ2) is 14.1. The lowest BCUT2D eigenvalue weighted by Crippen LogP contribution is -2.50. The predicted molar refractivity (Wildman–Crippen MR) is 150 cm³/mol. The van der Waals surface area contributed by atoms with Crippen molar-refractivity contribution in [2.24, 2.45) is 0 Å². The molecule has 4 amide bonds. The Kier molecular flexibility index (Phi) is 10.8. The number of alkyl halides is 3. The highest BCUT2D eigenvalue weighted by atomic mass is 19.4. The van der Waals surface area contributed by atoms with Crippen molar-refractivity contribution in [1.29, 1.82) is 0 Å². The summed E-state index contributed by atoms with van der Waals surface area (Å²) in [7, 11) is 0. The van der Waals surface area contributed by atoms with Gasteiger partial charge in [0, 0.05) is 43.5 Å². The number of hydrogen-bond donors (Lipinski definition) is 3. The van der Waals surface area contributed by atoms with Gasteiger partial charge in [0.25, 0.3) is 5.91 Å². The normalized spacial score (nSPS) is 14.0. The summed E-state index contributed by atoms with van der Waals surface area (Å²) in [6, 6.07) is 10.4. The molecule has 11 nitrogen and oxygen atoms in total. The summed E-state index contributed by atoms with van der Waals surface area (Å²) >= 11 is 0. The van der Waals surface area contributed by atoms with E-state index >= 15 is 0 Å². The number of carboxylic acid groups (broad SMARTS) is 1. The van der Waals surface area contributed by atoms with E-state index in [4.69, 9.17) is 9.84 Å². The standard InChI is InChI=1S/C29H35F3N4O7/c1-28(2,3)43-27(41)35-16-13-22(14-17-35)36(26(40)34-21-8-10-23(11-9-21)42-29(30,31)32)18-19-4-6-20(7-5-19)25(39)33-15-12-24(37)38/h4-11,22H,12-18H2,1-3H3,(H,33,39)(H,34,40)(H,37,38). The van der Waals surface area contributed by atoms with Crippen LogP contribution in [0.4, 0.5) is 28.4 Å². The average Bonchev–Trinajstić information content (AvgIpc) is 2.91. The van der Waals surface area contributed by atoms with Crippen LogP contribution >= 0.6 is 0 Å². The van der Waals surface area contributed by atoms with Crippen molar-refractivity contribution in [3.8, 4) is 5.75 Å². The van der Waals surface area contributed by atoms with Crippen LogP contribution < -0.4 is 15.4 Å². The van der Waals surface area contributed by atoms with Crippen molar-refractivity contribution >= 4 is 29.7 Å². The zero-order valence-electron chi connectivity index (χ0n) is 24.1. The highest BCUT2D eigenvalue weighted by Crippen LogP contribution is 2.26. The molecule has 0 atom stereocenters. The van der Waals surface area contributed by atoms with Crippen molar-refractivity contribution in [2.45, 2.75) is 64.6 Å². The number of carbonyl (C=O) groups excluding carboxylic acids is 3. The van der Waals surface area contributed by atoms with Gasteiger partial charge in [0.05, 0.1) is 6.42 Å². The van der Waals surface area contributed by atoms with Crippen molar-refractivity contribution in [2.75, 3.05) is 25.0 Å². The van der Waals surface area contributed by atoms with Crippen molar-refractivity contribution in [3.63, 3.8) is 0 Å². The van der Waals surface area contributed by atoms with Gasteiger partial charge in [0.1, 0.15) is 11.4 Å². The summed E-state index contributed by atoms with van der Waals surface area (Å²) < 4.78 is 46.9. The molecule has 1 saturated heterocycles. The van der Waals surface area contributed by atoms with Crippen LogP contribution in [-0.4, -0.2) is 76.5 Å². The maximum atomic E-state index is 13.5. The number of nitrogens with one attached hydrogen (secondary N) is 2. The number of hydrogen-bond acceptors (Lipinski definition) is 6. The Morgan fingerprint density at radius 1 is 0.977 bits per heavy atom. The number of aliphatic carboxylic acids is 1. The Labute approximate surface area is 246 Å². The highest BCUT2D eigenvalue weighted by molar-refractivity contribution is 5.94. The van der Waals surface area contributed by atoms with Crippen LogP contribution in [0.15, 0.2) is 48.5 Å². The Bertz CT molecular complexity index is 1270. The molecule has 234 valence electrons. The molecule has 0 radical (unpaired) electrons. The first-order valence-corrected chi connectivity index (χ1v) is 13.6. The van der Waals surface area contributed by atoms with E-state index in [2.05, 4.69) is 15.4 Å². The molecular formula is C29H35F3N4O7. The summed E-state index contributed by atoms with van der Waals surface area (Å²) in [5.41, 5.74) is 0.613. The average molecular weight is 609 g/mol. The molecule has 0 saturated carbocycles. The first-order chi connectivity index (χ1) is 20.1. The minimum absolute atomic E-state index is 0.0187. The second-order valence-corrected chi connectivity index (χ2v) is 10.9. The molecule has 43 heavy (non-hydrogen) atoms. The second-order valence-electron chi connectivity index (χ2n) is 10.9. The third-order valence-corrected chi connectivity index (χ3v) is 6.35. The first kappa shape index (κ1) is 33.0. The number of urea groups is 1. The molecule has 0 aliphatic carbocycles. The monoisotopic (exact) mass is 608 g/mol. The fraction of sp³-hybridized carbons (Fsp3) is 0.448. The summed E-state index contributed by atoms with van der Waals surface area (Å²) in [6.45, 7) is 6.14. The molecule has 1 aliphatic rings. The summed E-state index contributed by atoms with van der Waals surface area (Å²) in [4.78, 5) is 52.1. The molecule has 14 heteroatoms. The van der Waals surface area contributed by atoms with E-state index in [1.807, 2.05) is 0 Å². The lowest BCUT2D eigenvalue weighted by atomic mass is 10.0. The molecule has 1 heterocycles. The van der Waals surface area contributed by atoms with Gasteiger partial charge in [-0.1, -0.05) is 12.1 Å². The zero-order valence-corrected chi connectivity index (χ0v) is 24.1. The molecular weight excluding hydrogens is 573 g/mol. The van der Waals surface area contributed by atoms with Gasteiger partial charge in [-0.15, -0.1) is 13.2 Å². The quantitative estimate of drug-likeness (QED) is 0.355. The smallest absolute Gasteiger partial charge is 0.481 e. The number of anilines is 1. The van der Waals surface area contributed by atoms with Crippen LogP contribution in [0.25, 0.3) is 0 Å². The van der Waals surface area contributed by atoms with Crippen molar-refractivity contribution < 1.29 is 46.9 Å². The van der Waals surface area contributed by atoms with Crippen LogP contribution in [0.2, 0.25) is 0 Å². The number of halogens is 3. The van der Waals surface area contributed by atoms with Crippen LogP contribution in [0.3, 0.4) is 0 Å². The van der Waals surface area contributed by atoms with E-state index in [-0.39, 0.29) is 31.2 Å². The summed E-state index contributed by atoms with van der Waals surface area (Å²) in [5, 5.41) is 14.0. The number of nitrogens with zero attached hydrogens (tertiary/aromatic N) is 2. The van der Waals surface area contributed by atoms with Crippen LogP contribution in [-0.2, 0) is 16.1 Å². The fourth-order valence-electron chi connectivity index (χ4n) is 4.33. The molecule has 2 aromatic rings. The summed E-state index contributed by atoms with van der Waals surface area (Å²) in [6.07, 6.45) is -4.59. The number of carbonyl (C=O) groups is 4. The first-order valence-electron chi connectivity index (χ1n) is 13.6. The van der Waals surface area contributed by atoms with Gasteiger partial charge in [-0.3, -0.25) is 9.59 Å². The predicted octanol–water partition coefficient (Wildman–Crippen LogP) is 5.22.